The molecule has 0 spiro atoms. The van der Waals surface area contributed by atoms with Gasteiger partial charge in [0, 0.05) is 43.4 Å². The lowest BCUT2D eigenvalue weighted by Gasteiger charge is -2.24. The number of fused-ring (bicyclic) bond motifs is 13. The second kappa shape index (κ2) is 17.4. The minimum Gasteiger partial charge on any atom is -0.309 e. The zero-order valence-corrected chi connectivity index (χ0v) is 45.3. The summed E-state index contributed by atoms with van der Waals surface area (Å²) < 4.78 is 4.82. The lowest BCUT2D eigenvalue weighted by Crippen LogP contribution is -2.15. The van der Waals surface area contributed by atoms with E-state index in [9.17, 15) is 0 Å². The number of para-hydroxylation sites is 3. The Balaban J connectivity index is 0.659. The second-order valence-corrected chi connectivity index (χ2v) is 23.3. The first kappa shape index (κ1) is 46.3. The molecule has 2 aromatic heterocycles. The van der Waals surface area contributed by atoms with Crippen LogP contribution >= 0.6 is 0 Å². The average Bonchev–Trinajstić information content (AvgIpc) is 4.25. The molecule has 0 saturated carbocycles. The minimum absolute atomic E-state index is 0.156. The van der Waals surface area contributed by atoms with Gasteiger partial charge in [-0.25, -0.2) is 0 Å². The molecule has 14 aromatic rings. The third-order valence-electron chi connectivity index (χ3n) is 18.1. The highest BCUT2D eigenvalue weighted by atomic mass is 15.0. The number of nitrogens with zero attached hydrogens (tertiary/aromatic N) is 2. The number of benzene rings is 12. The van der Waals surface area contributed by atoms with Crippen molar-refractivity contribution >= 4 is 66.5 Å². The molecular weight excluding hydrogens is 965 g/mol. The number of rotatable bonds is 7. The highest BCUT2D eigenvalue weighted by Gasteiger charge is 2.38. The summed E-state index contributed by atoms with van der Waals surface area (Å²) in [4.78, 5) is 0. The summed E-state index contributed by atoms with van der Waals surface area (Å²) in [6.45, 7) is 9.60. The predicted molar refractivity (Wildman–Crippen MR) is 339 cm³/mol. The molecule has 0 aliphatic heterocycles. The lowest BCUT2D eigenvalue weighted by molar-refractivity contribution is 0.659. The van der Waals surface area contributed by atoms with E-state index >= 15 is 0 Å². The molecular formula is C78H56N2. The van der Waals surface area contributed by atoms with Crippen LogP contribution in [-0.2, 0) is 10.8 Å². The zero-order valence-electron chi connectivity index (χ0n) is 45.3. The molecule has 0 saturated heterocycles. The molecule has 0 radical (unpaired) electrons. The van der Waals surface area contributed by atoms with Crippen LogP contribution in [0.4, 0.5) is 0 Å². The van der Waals surface area contributed by atoms with E-state index in [-0.39, 0.29) is 10.8 Å². The van der Waals surface area contributed by atoms with E-state index < -0.39 is 0 Å². The lowest BCUT2D eigenvalue weighted by atomic mass is 9.79. The Bertz CT molecular complexity index is 4920. The van der Waals surface area contributed by atoms with Crippen molar-refractivity contribution in [2.24, 2.45) is 0 Å². The summed E-state index contributed by atoms with van der Waals surface area (Å²) in [5.74, 6) is 0. The van der Waals surface area contributed by atoms with E-state index in [0.717, 1.165) is 0 Å². The Kier molecular flexibility index (Phi) is 10.1. The van der Waals surface area contributed by atoms with Crippen LogP contribution in [0.5, 0.6) is 0 Å². The summed E-state index contributed by atoms with van der Waals surface area (Å²) in [5.41, 5.74) is 27.6. The van der Waals surface area contributed by atoms with E-state index in [1.165, 1.54) is 155 Å². The van der Waals surface area contributed by atoms with Gasteiger partial charge >= 0.3 is 0 Å². The van der Waals surface area contributed by atoms with Crippen LogP contribution in [-0.4, -0.2) is 9.13 Å². The molecule has 0 N–H and O–H groups in total. The predicted octanol–water partition coefficient (Wildman–Crippen LogP) is 20.8. The Morgan fingerprint density at radius 1 is 0.275 bits per heavy atom. The van der Waals surface area contributed by atoms with E-state index in [4.69, 9.17) is 0 Å². The molecule has 16 rings (SSSR count). The van der Waals surface area contributed by atoms with Crippen molar-refractivity contribution in [3.63, 3.8) is 0 Å². The van der Waals surface area contributed by atoms with E-state index in [1.807, 2.05) is 0 Å². The Labute approximate surface area is 466 Å². The maximum absolute atomic E-state index is 2.47. The maximum atomic E-state index is 2.47. The van der Waals surface area contributed by atoms with Crippen molar-refractivity contribution in [2.75, 3.05) is 0 Å². The molecule has 378 valence electrons. The van der Waals surface area contributed by atoms with Crippen molar-refractivity contribution in [2.45, 2.75) is 38.5 Å². The van der Waals surface area contributed by atoms with Gasteiger partial charge in [-0.3, -0.25) is 0 Å². The highest BCUT2D eigenvalue weighted by molar-refractivity contribution is 6.12. The fraction of sp³-hybridized carbons (Fsp3) is 0.0769. The van der Waals surface area contributed by atoms with Crippen LogP contribution in [0.2, 0.25) is 0 Å². The Morgan fingerprint density at radius 3 is 1.27 bits per heavy atom. The van der Waals surface area contributed by atoms with E-state index in [1.54, 1.807) is 0 Å². The van der Waals surface area contributed by atoms with Gasteiger partial charge in [-0.05, 0) is 167 Å². The smallest absolute Gasteiger partial charge is 0.0541 e. The number of aromatic nitrogens is 2. The Morgan fingerprint density at radius 2 is 0.675 bits per heavy atom. The molecule has 0 amide bonds. The van der Waals surface area contributed by atoms with Crippen molar-refractivity contribution in [1.82, 2.24) is 9.13 Å². The molecule has 2 aliphatic carbocycles. The van der Waals surface area contributed by atoms with Gasteiger partial charge in [-0.2, -0.15) is 0 Å². The topological polar surface area (TPSA) is 9.86 Å². The van der Waals surface area contributed by atoms with Gasteiger partial charge in [-0.15, -0.1) is 0 Å². The van der Waals surface area contributed by atoms with Crippen LogP contribution in [0, 0.1) is 0 Å². The largest absolute Gasteiger partial charge is 0.309 e. The summed E-state index contributed by atoms with van der Waals surface area (Å²) in [7, 11) is 0. The summed E-state index contributed by atoms with van der Waals surface area (Å²) in [6, 6.07) is 95.0. The van der Waals surface area contributed by atoms with Gasteiger partial charge in [-0.1, -0.05) is 222 Å². The fourth-order valence-electron chi connectivity index (χ4n) is 13.9. The van der Waals surface area contributed by atoms with Gasteiger partial charge in [0.05, 0.1) is 27.8 Å². The summed E-state index contributed by atoms with van der Waals surface area (Å²) in [6.07, 6.45) is 4.51. The van der Waals surface area contributed by atoms with Gasteiger partial charge < -0.3 is 9.13 Å². The quantitative estimate of drug-likeness (QED) is 0.141. The number of hydrogen-bond donors (Lipinski definition) is 0. The summed E-state index contributed by atoms with van der Waals surface area (Å²) in [5, 5.41) is 7.57. The number of hydrogen-bond acceptors (Lipinski definition) is 0. The van der Waals surface area contributed by atoms with Crippen molar-refractivity contribution in [3.05, 3.63) is 288 Å². The third kappa shape index (κ3) is 6.98. The molecule has 2 heterocycles. The Hall–Kier alpha value is -9.76. The standard InChI is InChI=1S/C78H56N2/c1-77(2)68-43-50(26-25-49-27-30-51(31-28-49)53-35-41-75-66(44-53)64-20-10-12-22-73(64)79(75)58-17-6-5-7-18-58)29-37-60(68)61-39-33-56(47-69(61)77)57-34-40-63-62-38-32-55(46-70(62)78(3,4)71(63)48-57)54-36-42-76-67(45-54)65-21-11-13-23-74(65)80(76)72-24-14-16-52-15-8-9-19-59(52)72/h5-48H,1-4H3. The highest BCUT2D eigenvalue weighted by Crippen LogP contribution is 2.53. The molecule has 2 aliphatic rings. The summed E-state index contributed by atoms with van der Waals surface area (Å²) >= 11 is 0. The molecule has 0 atom stereocenters. The van der Waals surface area contributed by atoms with Gasteiger partial charge in [0.1, 0.15) is 0 Å². The first-order valence-corrected chi connectivity index (χ1v) is 28.1. The fourth-order valence-corrected chi connectivity index (χ4v) is 13.9. The van der Waals surface area contributed by atoms with Gasteiger partial charge in [0.2, 0.25) is 0 Å². The molecule has 0 bridgehead atoms. The van der Waals surface area contributed by atoms with Crippen LogP contribution in [0.25, 0.3) is 134 Å². The average molecular weight is 1020 g/mol. The van der Waals surface area contributed by atoms with Crippen molar-refractivity contribution in [1.29, 1.82) is 0 Å². The minimum atomic E-state index is -0.176. The van der Waals surface area contributed by atoms with Crippen molar-refractivity contribution in [3.8, 4) is 67.0 Å². The van der Waals surface area contributed by atoms with Crippen LogP contribution in [0.15, 0.2) is 255 Å². The van der Waals surface area contributed by atoms with Crippen LogP contribution in [0.1, 0.15) is 61.1 Å². The zero-order chi connectivity index (χ0) is 53.4. The molecule has 0 unspecified atom stereocenters. The van der Waals surface area contributed by atoms with Crippen molar-refractivity contribution < 1.29 is 0 Å². The molecule has 80 heavy (non-hydrogen) atoms. The van der Waals surface area contributed by atoms with Gasteiger partial charge in [0.15, 0.2) is 0 Å². The molecule has 12 aromatic carbocycles. The first-order chi connectivity index (χ1) is 39.2. The van der Waals surface area contributed by atoms with Crippen LogP contribution in [0.3, 0.4) is 0 Å². The maximum Gasteiger partial charge on any atom is 0.0541 e. The van der Waals surface area contributed by atoms with Gasteiger partial charge in [0.25, 0.3) is 0 Å². The first-order valence-electron chi connectivity index (χ1n) is 28.1. The normalized spacial score (nSPS) is 13.9. The molecule has 2 nitrogen and oxygen atoms in total. The SMILES string of the molecule is CC1(C)c2cc(C=Cc3ccc(-c4ccc5c(c4)c4ccccc4n5-c4ccccc4)cc3)ccc2-c2ccc(-c3ccc4c(c3)C(C)(C)c3cc(-c5ccc6c(c5)c5ccccc5n6-c5cccc6ccccc56)ccc3-4)cc21. The van der Waals surface area contributed by atoms with E-state index in [2.05, 4.69) is 304 Å². The van der Waals surface area contributed by atoms with Crippen LogP contribution < -0.4 is 0 Å². The molecule has 2 heteroatoms. The monoisotopic (exact) mass is 1020 g/mol. The second-order valence-electron chi connectivity index (χ2n) is 23.3. The third-order valence-corrected chi connectivity index (χ3v) is 18.1. The molecule has 0 fully saturated rings. The van der Waals surface area contributed by atoms with E-state index in [0.29, 0.717) is 0 Å².